The second kappa shape index (κ2) is 6.51. The van der Waals surface area contributed by atoms with Gasteiger partial charge in [-0.25, -0.2) is 8.42 Å². The Hall–Kier alpha value is -1.84. The van der Waals surface area contributed by atoms with Gasteiger partial charge in [0.1, 0.15) is 0 Å². The maximum absolute atomic E-state index is 12.5. The molecule has 0 radical (unpaired) electrons. The predicted octanol–water partition coefficient (Wildman–Crippen LogP) is 0.589. The van der Waals surface area contributed by atoms with Crippen LogP contribution >= 0.6 is 0 Å². The van der Waals surface area contributed by atoms with E-state index < -0.39 is 16.1 Å². The third kappa shape index (κ3) is 3.32. The summed E-state index contributed by atoms with van der Waals surface area (Å²) in [5.41, 5.74) is 0.594. The lowest BCUT2D eigenvalue weighted by Crippen LogP contribution is -2.27. The van der Waals surface area contributed by atoms with Crippen molar-refractivity contribution in [2.45, 2.75) is 24.3 Å². The normalized spacial score (nSPS) is 16.7. The Bertz CT molecular complexity index is 711. The van der Waals surface area contributed by atoms with Gasteiger partial charge in [-0.1, -0.05) is 23.3 Å². The summed E-state index contributed by atoms with van der Waals surface area (Å²) in [4.78, 5) is 0. The number of benzene rings is 1. The molecule has 0 unspecified atom stereocenters. The van der Waals surface area contributed by atoms with Crippen molar-refractivity contribution in [3.63, 3.8) is 0 Å². The fourth-order valence-electron chi connectivity index (χ4n) is 2.15. The fraction of sp³-hybridized carbons (Fsp3) is 0.462. The average molecular weight is 324 g/mol. The largest absolute Gasteiger partial charge is 0.353 e. The van der Waals surface area contributed by atoms with Crippen molar-refractivity contribution >= 4 is 9.84 Å². The smallest absolute Gasteiger partial charge is 0.272 e. The fourth-order valence-corrected chi connectivity index (χ4v) is 3.40. The predicted molar refractivity (Wildman–Crippen MR) is 76.1 cm³/mol. The van der Waals surface area contributed by atoms with Gasteiger partial charge in [0, 0.05) is 6.42 Å². The Morgan fingerprint density at radius 1 is 1.18 bits per heavy atom. The molecule has 1 aliphatic heterocycles. The molecule has 2 heterocycles. The van der Waals surface area contributed by atoms with Gasteiger partial charge in [-0.05, 0) is 29.0 Å². The van der Waals surface area contributed by atoms with E-state index >= 15 is 0 Å². The van der Waals surface area contributed by atoms with E-state index in [1.165, 1.54) is 4.68 Å². The highest BCUT2D eigenvalue weighted by atomic mass is 32.2. The average Bonchev–Trinajstić information content (AvgIpc) is 3.06. The molecule has 118 valence electrons. The van der Waals surface area contributed by atoms with Crippen LogP contribution in [0.5, 0.6) is 0 Å². The second-order valence-corrected chi connectivity index (χ2v) is 6.84. The quantitative estimate of drug-likeness (QED) is 0.794. The molecule has 8 nitrogen and oxygen atoms in total. The molecule has 3 rings (SSSR count). The molecule has 0 amide bonds. The topological polar surface area (TPSA) is 96.2 Å². The first kappa shape index (κ1) is 15.1. The minimum Gasteiger partial charge on any atom is -0.353 e. The van der Waals surface area contributed by atoms with Gasteiger partial charge in [0.25, 0.3) is 5.16 Å². The van der Waals surface area contributed by atoms with Gasteiger partial charge in [-0.2, -0.15) is 4.68 Å². The summed E-state index contributed by atoms with van der Waals surface area (Å²) >= 11 is 0. The molecule has 0 N–H and O–H groups in total. The number of sulfone groups is 1. The summed E-state index contributed by atoms with van der Waals surface area (Å²) in [6.45, 7) is 1.18. The first-order valence-electron chi connectivity index (χ1n) is 6.96. The van der Waals surface area contributed by atoms with Crippen LogP contribution < -0.4 is 0 Å². The Labute approximate surface area is 128 Å². The zero-order valence-electron chi connectivity index (χ0n) is 11.8. The van der Waals surface area contributed by atoms with Gasteiger partial charge in [-0.15, -0.1) is 0 Å². The maximum atomic E-state index is 12.5. The molecule has 1 aliphatic rings. The molecule has 1 fully saturated rings. The van der Waals surface area contributed by atoms with E-state index in [9.17, 15) is 8.42 Å². The van der Waals surface area contributed by atoms with Crippen LogP contribution in [0.3, 0.4) is 0 Å². The zero-order valence-corrected chi connectivity index (χ0v) is 12.6. The second-order valence-electron chi connectivity index (χ2n) is 4.84. The standard InChI is InChI=1S/C13H16N4O4S/c18-22(19,10-7-12-20-8-4-9-21-12)13-14-15-16-17(13)11-5-2-1-3-6-11/h1-3,5-6,12H,4,7-10H2. The molecule has 1 aromatic heterocycles. The van der Waals surface area contributed by atoms with Crippen LogP contribution in [0.1, 0.15) is 12.8 Å². The number of nitrogens with zero attached hydrogens (tertiary/aromatic N) is 4. The highest BCUT2D eigenvalue weighted by Crippen LogP contribution is 2.16. The minimum absolute atomic E-state index is 0.134. The van der Waals surface area contributed by atoms with Gasteiger partial charge in [-0.3, -0.25) is 0 Å². The van der Waals surface area contributed by atoms with E-state index in [1.807, 2.05) is 6.07 Å². The Morgan fingerprint density at radius 2 is 1.91 bits per heavy atom. The maximum Gasteiger partial charge on any atom is 0.272 e. The van der Waals surface area contributed by atoms with Gasteiger partial charge < -0.3 is 9.47 Å². The molecule has 0 atom stereocenters. The lowest BCUT2D eigenvalue weighted by atomic mass is 10.3. The van der Waals surface area contributed by atoms with Gasteiger partial charge in [0.2, 0.25) is 9.84 Å². The number of ether oxygens (including phenoxy) is 2. The van der Waals surface area contributed by atoms with Crippen LogP contribution in [0.25, 0.3) is 5.69 Å². The molecular weight excluding hydrogens is 308 g/mol. The first-order chi connectivity index (χ1) is 10.7. The van der Waals surface area contributed by atoms with Gasteiger partial charge in [0.05, 0.1) is 24.7 Å². The highest BCUT2D eigenvalue weighted by molar-refractivity contribution is 7.91. The molecule has 1 aromatic carbocycles. The van der Waals surface area contributed by atoms with E-state index in [2.05, 4.69) is 15.5 Å². The molecule has 2 aromatic rings. The number of hydrogen-bond acceptors (Lipinski definition) is 7. The van der Waals surface area contributed by atoms with Crippen molar-refractivity contribution in [2.75, 3.05) is 19.0 Å². The monoisotopic (exact) mass is 324 g/mol. The van der Waals surface area contributed by atoms with Crippen molar-refractivity contribution in [2.24, 2.45) is 0 Å². The Morgan fingerprint density at radius 3 is 2.64 bits per heavy atom. The zero-order chi connectivity index (χ0) is 15.4. The Kier molecular flexibility index (Phi) is 4.46. The van der Waals surface area contributed by atoms with Crippen molar-refractivity contribution < 1.29 is 17.9 Å². The third-order valence-corrected chi connectivity index (χ3v) is 4.82. The summed E-state index contributed by atoms with van der Waals surface area (Å²) in [6.07, 6.45) is 0.601. The number of rotatable bonds is 5. The van der Waals surface area contributed by atoms with Crippen LogP contribution in [0.2, 0.25) is 0 Å². The van der Waals surface area contributed by atoms with E-state index in [-0.39, 0.29) is 17.3 Å². The molecule has 0 saturated carbocycles. The summed E-state index contributed by atoms with van der Waals surface area (Å²) in [5, 5.41) is 10.7. The van der Waals surface area contributed by atoms with Crippen LogP contribution in [0.15, 0.2) is 35.5 Å². The number of tetrazole rings is 1. The van der Waals surface area contributed by atoms with Crippen molar-refractivity contribution in [3.8, 4) is 5.69 Å². The summed E-state index contributed by atoms with van der Waals surface area (Å²) in [5.74, 6) is -0.134. The highest BCUT2D eigenvalue weighted by Gasteiger charge is 2.26. The molecule has 0 spiro atoms. The number of aromatic nitrogens is 4. The Balaban J connectivity index is 1.77. The number of para-hydroxylation sites is 1. The molecule has 22 heavy (non-hydrogen) atoms. The van der Waals surface area contributed by atoms with Crippen LogP contribution in [0, 0.1) is 0 Å². The van der Waals surface area contributed by atoms with Gasteiger partial charge in [0.15, 0.2) is 6.29 Å². The molecule has 1 saturated heterocycles. The molecular formula is C13H16N4O4S. The van der Waals surface area contributed by atoms with Crippen LogP contribution in [-0.4, -0.2) is 53.9 Å². The van der Waals surface area contributed by atoms with Crippen LogP contribution in [0.4, 0.5) is 0 Å². The van der Waals surface area contributed by atoms with E-state index in [0.29, 0.717) is 18.9 Å². The summed E-state index contributed by atoms with van der Waals surface area (Å²) in [7, 11) is -3.63. The molecule has 9 heteroatoms. The third-order valence-electron chi connectivity index (χ3n) is 3.24. The lowest BCUT2D eigenvalue weighted by Gasteiger charge is -2.22. The van der Waals surface area contributed by atoms with Crippen LogP contribution in [-0.2, 0) is 19.3 Å². The first-order valence-corrected chi connectivity index (χ1v) is 8.62. The molecule has 0 bridgehead atoms. The summed E-state index contributed by atoms with van der Waals surface area (Å²) in [6, 6.07) is 8.89. The minimum atomic E-state index is -3.63. The number of hydrogen-bond donors (Lipinski definition) is 0. The van der Waals surface area contributed by atoms with Crippen molar-refractivity contribution in [3.05, 3.63) is 30.3 Å². The summed E-state index contributed by atoms with van der Waals surface area (Å²) < 4.78 is 36.9. The van der Waals surface area contributed by atoms with E-state index in [0.717, 1.165) is 6.42 Å². The lowest BCUT2D eigenvalue weighted by molar-refractivity contribution is -0.178. The van der Waals surface area contributed by atoms with Crippen molar-refractivity contribution in [1.29, 1.82) is 0 Å². The van der Waals surface area contributed by atoms with Crippen molar-refractivity contribution in [1.82, 2.24) is 20.2 Å². The molecule has 0 aliphatic carbocycles. The van der Waals surface area contributed by atoms with E-state index in [1.54, 1.807) is 24.3 Å². The van der Waals surface area contributed by atoms with Gasteiger partial charge >= 0.3 is 0 Å². The van der Waals surface area contributed by atoms with E-state index in [4.69, 9.17) is 9.47 Å². The SMILES string of the molecule is O=S(=O)(CCC1OCCCO1)c1nnnn1-c1ccccc1.